The number of unbranched alkanes of at least 4 members (excludes halogenated alkanes) is 3. The molecule has 0 heterocycles. The fourth-order valence-electron chi connectivity index (χ4n) is 3.56. The fourth-order valence-corrected chi connectivity index (χ4v) is 3.56. The predicted octanol–water partition coefficient (Wildman–Crippen LogP) is 3.37. The maximum atomic E-state index is 12.7. The summed E-state index contributed by atoms with van der Waals surface area (Å²) < 4.78 is 5.02. The molecule has 0 aliphatic heterocycles. The molecule has 0 aromatic rings. The smallest absolute Gasteiger partial charge is 0.306 e. The molecule has 0 saturated heterocycles. The van der Waals surface area contributed by atoms with Crippen LogP contribution in [0.5, 0.6) is 0 Å². The van der Waals surface area contributed by atoms with Crippen molar-refractivity contribution >= 4 is 11.9 Å². The lowest BCUT2D eigenvalue weighted by Gasteiger charge is -2.30. The lowest BCUT2D eigenvalue weighted by molar-refractivity contribution is -0.145. The van der Waals surface area contributed by atoms with Crippen LogP contribution in [0.3, 0.4) is 0 Å². The van der Waals surface area contributed by atoms with E-state index >= 15 is 0 Å². The first-order chi connectivity index (χ1) is 11.1. The first-order valence-corrected chi connectivity index (χ1v) is 9.06. The number of ether oxygens (including phenoxy) is 1. The highest BCUT2D eigenvalue weighted by atomic mass is 16.5. The standard InChI is InChI=1S/C18H33NO4/c1-3-4-5-8-12-19-17(22)18(10-6-7-11-18)14-15(16(20)21)9-13-23-2/h15H,3-14H2,1-2H3,(H,19,22)(H,20,21). The van der Waals surface area contributed by atoms with E-state index < -0.39 is 17.3 Å². The molecule has 5 nitrogen and oxygen atoms in total. The van der Waals surface area contributed by atoms with Crippen LogP contribution in [0.2, 0.25) is 0 Å². The third kappa shape index (κ3) is 6.50. The van der Waals surface area contributed by atoms with Crippen LogP contribution in [0.25, 0.3) is 0 Å². The Balaban J connectivity index is 2.58. The van der Waals surface area contributed by atoms with Gasteiger partial charge in [-0.1, -0.05) is 39.0 Å². The molecule has 23 heavy (non-hydrogen) atoms. The van der Waals surface area contributed by atoms with Gasteiger partial charge in [-0.25, -0.2) is 0 Å². The summed E-state index contributed by atoms with van der Waals surface area (Å²) in [6.07, 6.45) is 9.06. The van der Waals surface area contributed by atoms with Gasteiger partial charge >= 0.3 is 5.97 Å². The van der Waals surface area contributed by atoms with Crippen molar-refractivity contribution in [2.24, 2.45) is 11.3 Å². The number of hydrogen-bond acceptors (Lipinski definition) is 3. The average molecular weight is 327 g/mol. The Hall–Kier alpha value is -1.10. The van der Waals surface area contributed by atoms with Crippen molar-refractivity contribution < 1.29 is 19.4 Å². The van der Waals surface area contributed by atoms with E-state index in [1.807, 2.05) is 0 Å². The van der Waals surface area contributed by atoms with Gasteiger partial charge in [0, 0.05) is 25.7 Å². The second-order valence-electron chi connectivity index (χ2n) is 6.82. The summed E-state index contributed by atoms with van der Waals surface area (Å²) in [4.78, 5) is 24.2. The molecule has 5 heteroatoms. The van der Waals surface area contributed by atoms with Gasteiger partial charge in [0.05, 0.1) is 5.92 Å². The summed E-state index contributed by atoms with van der Waals surface area (Å²) in [5.41, 5.74) is -0.485. The number of carbonyl (C=O) groups excluding carboxylic acids is 1. The van der Waals surface area contributed by atoms with Crippen molar-refractivity contribution in [2.45, 2.75) is 71.1 Å². The molecule has 1 atom stereocenters. The fraction of sp³-hybridized carbons (Fsp3) is 0.889. The zero-order valence-corrected chi connectivity index (χ0v) is 14.7. The number of carboxylic acid groups (broad SMARTS) is 1. The first kappa shape index (κ1) is 19.9. The van der Waals surface area contributed by atoms with Crippen molar-refractivity contribution in [3.05, 3.63) is 0 Å². The molecular formula is C18H33NO4. The van der Waals surface area contributed by atoms with Crippen LogP contribution in [-0.2, 0) is 14.3 Å². The Morgan fingerprint density at radius 1 is 1.22 bits per heavy atom. The first-order valence-electron chi connectivity index (χ1n) is 9.06. The molecule has 0 aromatic carbocycles. The molecule has 1 rings (SSSR count). The Bertz CT molecular complexity index is 364. The third-order valence-electron chi connectivity index (χ3n) is 5.02. The molecule has 1 saturated carbocycles. The Morgan fingerprint density at radius 2 is 1.91 bits per heavy atom. The number of carbonyl (C=O) groups is 2. The van der Waals surface area contributed by atoms with E-state index in [-0.39, 0.29) is 5.91 Å². The number of carboxylic acids is 1. The molecule has 0 spiro atoms. The summed E-state index contributed by atoms with van der Waals surface area (Å²) in [7, 11) is 1.58. The normalized spacial score (nSPS) is 17.8. The minimum absolute atomic E-state index is 0.0650. The second-order valence-corrected chi connectivity index (χ2v) is 6.82. The number of aliphatic carboxylic acids is 1. The molecule has 0 radical (unpaired) electrons. The van der Waals surface area contributed by atoms with Crippen molar-refractivity contribution in [3.8, 4) is 0 Å². The van der Waals surface area contributed by atoms with Gasteiger partial charge in [0.25, 0.3) is 0 Å². The van der Waals surface area contributed by atoms with Gasteiger partial charge in [-0.05, 0) is 32.1 Å². The maximum absolute atomic E-state index is 12.7. The summed E-state index contributed by atoms with van der Waals surface area (Å²) >= 11 is 0. The largest absolute Gasteiger partial charge is 0.481 e. The van der Waals surface area contributed by atoms with E-state index in [1.54, 1.807) is 7.11 Å². The van der Waals surface area contributed by atoms with Gasteiger partial charge < -0.3 is 15.2 Å². The lowest BCUT2D eigenvalue weighted by atomic mass is 9.76. The monoisotopic (exact) mass is 327 g/mol. The van der Waals surface area contributed by atoms with Crippen molar-refractivity contribution in [1.82, 2.24) is 5.32 Å². The van der Waals surface area contributed by atoms with Crippen molar-refractivity contribution in [3.63, 3.8) is 0 Å². The van der Waals surface area contributed by atoms with Crippen LogP contribution in [0, 0.1) is 11.3 Å². The van der Waals surface area contributed by atoms with Crippen LogP contribution in [0.4, 0.5) is 0 Å². The van der Waals surface area contributed by atoms with E-state index in [4.69, 9.17) is 4.74 Å². The topological polar surface area (TPSA) is 75.6 Å². The number of rotatable bonds is 12. The Kier molecular flexibility index (Phi) is 9.22. The predicted molar refractivity (Wildman–Crippen MR) is 90.3 cm³/mol. The van der Waals surface area contributed by atoms with Gasteiger partial charge in [0.2, 0.25) is 5.91 Å². The van der Waals surface area contributed by atoms with Gasteiger partial charge in [-0.3, -0.25) is 9.59 Å². The highest BCUT2D eigenvalue weighted by Gasteiger charge is 2.43. The maximum Gasteiger partial charge on any atom is 0.306 e. The summed E-state index contributed by atoms with van der Waals surface area (Å²) in [6, 6.07) is 0. The molecule has 2 N–H and O–H groups in total. The van der Waals surface area contributed by atoms with E-state index in [1.165, 1.54) is 12.8 Å². The van der Waals surface area contributed by atoms with E-state index in [0.717, 1.165) is 38.5 Å². The van der Waals surface area contributed by atoms with Gasteiger partial charge in [0.15, 0.2) is 0 Å². The average Bonchev–Trinajstić information content (AvgIpc) is 3.00. The molecule has 1 amide bonds. The highest BCUT2D eigenvalue weighted by molar-refractivity contribution is 5.83. The number of hydrogen-bond donors (Lipinski definition) is 2. The SMILES string of the molecule is CCCCCCNC(=O)C1(CC(CCOC)C(=O)O)CCCC1. The molecule has 1 fully saturated rings. The van der Waals surface area contributed by atoms with E-state index in [0.29, 0.717) is 26.0 Å². The molecule has 1 unspecified atom stereocenters. The summed E-state index contributed by atoms with van der Waals surface area (Å²) in [6.45, 7) is 3.29. The number of amides is 1. The summed E-state index contributed by atoms with van der Waals surface area (Å²) in [5, 5.41) is 12.5. The molecule has 1 aliphatic rings. The second kappa shape index (κ2) is 10.6. The van der Waals surface area contributed by atoms with Crippen LogP contribution < -0.4 is 5.32 Å². The third-order valence-corrected chi connectivity index (χ3v) is 5.02. The zero-order chi connectivity index (χ0) is 17.1. The van der Waals surface area contributed by atoms with Gasteiger partial charge in [0.1, 0.15) is 0 Å². The van der Waals surface area contributed by atoms with Crippen LogP contribution in [-0.4, -0.2) is 37.2 Å². The van der Waals surface area contributed by atoms with Crippen molar-refractivity contribution in [1.29, 1.82) is 0 Å². The number of methoxy groups -OCH3 is 1. The minimum Gasteiger partial charge on any atom is -0.481 e. The minimum atomic E-state index is -0.816. The molecular weight excluding hydrogens is 294 g/mol. The Morgan fingerprint density at radius 3 is 2.48 bits per heavy atom. The summed E-state index contributed by atoms with van der Waals surface area (Å²) in [5.74, 6) is -1.25. The molecule has 0 aromatic heterocycles. The van der Waals surface area contributed by atoms with Crippen LogP contribution >= 0.6 is 0 Å². The van der Waals surface area contributed by atoms with Crippen LogP contribution in [0.1, 0.15) is 71.1 Å². The van der Waals surface area contributed by atoms with Gasteiger partial charge in [-0.2, -0.15) is 0 Å². The van der Waals surface area contributed by atoms with E-state index in [2.05, 4.69) is 12.2 Å². The number of nitrogens with one attached hydrogen (secondary N) is 1. The van der Waals surface area contributed by atoms with Crippen molar-refractivity contribution in [2.75, 3.05) is 20.3 Å². The lowest BCUT2D eigenvalue weighted by Crippen LogP contribution is -2.42. The molecule has 1 aliphatic carbocycles. The highest BCUT2D eigenvalue weighted by Crippen LogP contribution is 2.44. The van der Waals surface area contributed by atoms with Gasteiger partial charge in [-0.15, -0.1) is 0 Å². The van der Waals surface area contributed by atoms with E-state index in [9.17, 15) is 14.7 Å². The quantitative estimate of drug-likeness (QED) is 0.539. The molecule has 0 bridgehead atoms. The zero-order valence-electron chi connectivity index (χ0n) is 14.7. The Labute approximate surface area is 140 Å². The molecule has 134 valence electrons. The van der Waals surface area contributed by atoms with Crippen LogP contribution in [0.15, 0.2) is 0 Å².